The van der Waals surface area contributed by atoms with E-state index in [1.54, 1.807) is 0 Å². The summed E-state index contributed by atoms with van der Waals surface area (Å²) >= 11 is 0. The second kappa shape index (κ2) is 7.01. The van der Waals surface area contributed by atoms with E-state index in [1.807, 2.05) is 30.3 Å². The zero-order chi connectivity index (χ0) is 16.4. The van der Waals surface area contributed by atoms with Crippen molar-refractivity contribution >= 4 is 0 Å². The topological polar surface area (TPSA) is 71.6 Å². The Balaban J connectivity index is 1.48. The van der Waals surface area contributed by atoms with Crippen molar-refractivity contribution in [3.05, 3.63) is 36.2 Å². The summed E-state index contributed by atoms with van der Waals surface area (Å²) in [4.78, 5) is 2.32. The lowest BCUT2D eigenvalue weighted by Gasteiger charge is -2.39. The zero-order valence-electron chi connectivity index (χ0n) is 13.7. The number of ether oxygens (including phenoxy) is 1. The van der Waals surface area contributed by atoms with E-state index in [1.165, 1.54) is 0 Å². The van der Waals surface area contributed by atoms with E-state index in [2.05, 4.69) is 15.1 Å². The maximum atomic E-state index is 10.2. The maximum Gasteiger partial charge on any atom is 0.247 e. The molecule has 24 heavy (non-hydrogen) atoms. The predicted octanol–water partition coefficient (Wildman–Crippen LogP) is 2.10. The van der Waals surface area contributed by atoms with Crippen molar-refractivity contribution in [3.63, 3.8) is 0 Å². The van der Waals surface area contributed by atoms with Crippen LogP contribution in [0.25, 0.3) is 11.5 Å². The molecule has 0 amide bonds. The van der Waals surface area contributed by atoms with Gasteiger partial charge >= 0.3 is 0 Å². The van der Waals surface area contributed by atoms with Crippen molar-refractivity contribution in [2.45, 2.75) is 38.0 Å². The summed E-state index contributed by atoms with van der Waals surface area (Å²) in [6, 6.07) is 10.0. The van der Waals surface area contributed by atoms with Gasteiger partial charge in [0.2, 0.25) is 11.8 Å². The molecule has 2 aromatic rings. The number of morpholine rings is 1. The van der Waals surface area contributed by atoms with E-state index >= 15 is 0 Å². The molecule has 2 fully saturated rings. The fraction of sp³-hybridized carbons (Fsp3) is 0.556. The Morgan fingerprint density at radius 3 is 2.83 bits per heavy atom. The fourth-order valence-electron chi connectivity index (χ4n) is 3.85. The van der Waals surface area contributed by atoms with Crippen LogP contribution in [0.4, 0.5) is 0 Å². The summed E-state index contributed by atoms with van der Waals surface area (Å²) in [6.45, 7) is 2.81. The Labute approximate surface area is 141 Å². The van der Waals surface area contributed by atoms with Gasteiger partial charge in [0.15, 0.2) is 0 Å². The van der Waals surface area contributed by atoms with Crippen molar-refractivity contribution in [2.75, 3.05) is 19.8 Å². The van der Waals surface area contributed by atoms with Crippen LogP contribution in [0.3, 0.4) is 0 Å². The molecule has 0 spiro atoms. The number of hydrogen-bond donors (Lipinski definition) is 1. The highest BCUT2D eigenvalue weighted by atomic mass is 16.5. The molecule has 0 unspecified atom stereocenters. The monoisotopic (exact) mass is 329 g/mol. The Morgan fingerprint density at radius 2 is 2.04 bits per heavy atom. The average molecular weight is 329 g/mol. The van der Waals surface area contributed by atoms with Crippen molar-refractivity contribution in [1.82, 2.24) is 15.1 Å². The minimum absolute atomic E-state index is 0.221. The lowest BCUT2D eigenvalue weighted by Crippen LogP contribution is -2.50. The highest BCUT2D eigenvalue weighted by Gasteiger charge is 2.38. The molecule has 2 aliphatic rings. The Hall–Kier alpha value is -1.76. The third kappa shape index (κ3) is 3.22. The molecule has 1 aromatic heterocycles. The van der Waals surface area contributed by atoms with Crippen LogP contribution in [0.1, 0.15) is 25.2 Å². The third-order valence-electron chi connectivity index (χ3n) is 5.13. The highest BCUT2D eigenvalue weighted by molar-refractivity contribution is 5.51. The van der Waals surface area contributed by atoms with E-state index in [0.717, 1.165) is 31.4 Å². The van der Waals surface area contributed by atoms with Crippen LogP contribution >= 0.6 is 0 Å². The van der Waals surface area contributed by atoms with Crippen molar-refractivity contribution in [3.8, 4) is 11.5 Å². The van der Waals surface area contributed by atoms with Gasteiger partial charge in [-0.1, -0.05) is 24.6 Å². The van der Waals surface area contributed by atoms with Crippen molar-refractivity contribution < 1.29 is 14.3 Å². The van der Waals surface area contributed by atoms with Gasteiger partial charge in [-0.05, 0) is 25.0 Å². The Kier molecular flexibility index (Phi) is 4.60. The summed E-state index contributed by atoms with van der Waals surface area (Å²) in [7, 11) is 0. The summed E-state index contributed by atoms with van der Waals surface area (Å²) < 4.78 is 11.5. The Bertz CT molecular complexity index is 661. The molecule has 1 aromatic carbocycles. The quantitative estimate of drug-likeness (QED) is 0.926. The van der Waals surface area contributed by atoms with Crippen molar-refractivity contribution in [1.29, 1.82) is 0 Å². The number of benzene rings is 1. The molecule has 0 bridgehead atoms. The van der Waals surface area contributed by atoms with Gasteiger partial charge < -0.3 is 14.3 Å². The van der Waals surface area contributed by atoms with Gasteiger partial charge in [0.25, 0.3) is 0 Å². The minimum Gasteiger partial charge on any atom is -0.419 e. The first-order valence-electron chi connectivity index (χ1n) is 8.69. The second-order valence-corrected chi connectivity index (χ2v) is 6.64. The third-order valence-corrected chi connectivity index (χ3v) is 5.13. The zero-order valence-corrected chi connectivity index (χ0v) is 13.7. The van der Waals surface area contributed by atoms with Crippen LogP contribution in [0, 0.1) is 5.92 Å². The number of hydrogen-bond acceptors (Lipinski definition) is 6. The molecule has 6 heteroatoms. The SMILES string of the molecule is O[C@@H]1CCC[C@@H]1[C@@H]1COCCN1Cc1nnc(-c2ccccc2)o1. The van der Waals surface area contributed by atoms with Gasteiger partial charge in [-0.25, -0.2) is 0 Å². The maximum absolute atomic E-state index is 10.2. The highest BCUT2D eigenvalue weighted by Crippen LogP contribution is 2.32. The lowest BCUT2D eigenvalue weighted by atomic mass is 9.94. The number of aliphatic hydroxyl groups excluding tert-OH is 1. The van der Waals surface area contributed by atoms with E-state index in [0.29, 0.717) is 31.5 Å². The van der Waals surface area contributed by atoms with Crippen LogP contribution in [0.15, 0.2) is 34.7 Å². The summed E-state index contributed by atoms with van der Waals surface area (Å²) in [5, 5.41) is 18.6. The minimum atomic E-state index is -0.221. The number of aliphatic hydroxyl groups is 1. The van der Waals surface area contributed by atoms with Crippen LogP contribution in [-0.2, 0) is 11.3 Å². The van der Waals surface area contributed by atoms with E-state index < -0.39 is 0 Å². The summed E-state index contributed by atoms with van der Waals surface area (Å²) in [5.41, 5.74) is 0.931. The van der Waals surface area contributed by atoms with Crippen LogP contribution < -0.4 is 0 Å². The number of aromatic nitrogens is 2. The van der Waals surface area contributed by atoms with Crippen LogP contribution in [-0.4, -0.2) is 52.1 Å². The summed E-state index contributed by atoms with van der Waals surface area (Å²) in [6.07, 6.45) is 2.83. The molecule has 1 aliphatic carbocycles. The molecular weight excluding hydrogens is 306 g/mol. The Morgan fingerprint density at radius 1 is 1.17 bits per heavy atom. The van der Waals surface area contributed by atoms with Gasteiger partial charge in [0, 0.05) is 24.1 Å². The second-order valence-electron chi connectivity index (χ2n) is 6.64. The van der Waals surface area contributed by atoms with E-state index in [-0.39, 0.29) is 18.1 Å². The molecule has 1 aliphatic heterocycles. The van der Waals surface area contributed by atoms with Gasteiger partial charge in [-0.2, -0.15) is 0 Å². The average Bonchev–Trinajstić information content (AvgIpc) is 3.25. The van der Waals surface area contributed by atoms with Gasteiger partial charge in [-0.15, -0.1) is 10.2 Å². The fourth-order valence-corrected chi connectivity index (χ4v) is 3.85. The van der Waals surface area contributed by atoms with Crippen LogP contribution in [0.2, 0.25) is 0 Å². The van der Waals surface area contributed by atoms with E-state index in [4.69, 9.17) is 9.15 Å². The summed E-state index contributed by atoms with van der Waals surface area (Å²) in [5.74, 6) is 1.45. The lowest BCUT2D eigenvalue weighted by molar-refractivity contribution is -0.0562. The van der Waals surface area contributed by atoms with Gasteiger partial charge in [0.1, 0.15) is 0 Å². The molecule has 1 saturated carbocycles. The standard InChI is InChI=1S/C18H23N3O3/c22-16-8-4-7-14(16)15-12-23-10-9-21(15)11-17-19-20-18(24-17)13-5-2-1-3-6-13/h1-3,5-6,14-16,22H,4,7-12H2/t14-,15+,16-/m1/s1. The first kappa shape index (κ1) is 15.7. The first-order chi connectivity index (χ1) is 11.8. The largest absolute Gasteiger partial charge is 0.419 e. The molecule has 3 atom stereocenters. The molecule has 0 radical (unpaired) electrons. The molecule has 1 saturated heterocycles. The predicted molar refractivity (Wildman–Crippen MR) is 88.1 cm³/mol. The molecule has 128 valence electrons. The van der Waals surface area contributed by atoms with Crippen LogP contribution in [0.5, 0.6) is 0 Å². The van der Waals surface area contributed by atoms with E-state index in [9.17, 15) is 5.11 Å². The molecular formula is C18H23N3O3. The van der Waals surface area contributed by atoms with Gasteiger partial charge in [-0.3, -0.25) is 4.90 Å². The normalized spacial score (nSPS) is 28.3. The molecule has 2 heterocycles. The first-order valence-corrected chi connectivity index (χ1v) is 8.69. The molecule has 1 N–H and O–H groups in total. The van der Waals surface area contributed by atoms with Crippen molar-refractivity contribution in [2.24, 2.45) is 5.92 Å². The molecule has 6 nitrogen and oxygen atoms in total. The smallest absolute Gasteiger partial charge is 0.247 e. The molecule has 4 rings (SSSR count). The van der Waals surface area contributed by atoms with Gasteiger partial charge in [0.05, 0.1) is 25.9 Å². The number of rotatable bonds is 4. The number of nitrogens with zero attached hydrogens (tertiary/aromatic N) is 3.